The summed E-state index contributed by atoms with van der Waals surface area (Å²) in [6.45, 7) is 1.97. The van der Waals surface area contributed by atoms with Gasteiger partial charge in [0.1, 0.15) is 12.4 Å². The number of nitrogens with two attached hydrogens (primary N) is 1. The van der Waals surface area contributed by atoms with E-state index >= 15 is 0 Å². The van der Waals surface area contributed by atoms with Crippen molar-refractivity contribution in [1.82, 2.24) is 0 Å². The third kappa shape index (κ3) is 3.69. The summed E-state index contributed by atoms with van der Waals surface area (Å²) in [5.41, 5.74) is 6.72. The molecule has 0 aliphatic carbocycles. The molecule has 0 radical (unpaired) electrons. The zero-order valence-electron chi connectivity index (χ0n) is 9.82. The van der Waals surface area contributed by atoms with Gasteiger partial charge in [0.25, 0.3) is 0 Å². The molecule has 3 nitrogen and oxygen atoms in total. The van der Waals surface area contributed by atoms with Gasteiger partial charge in [-0.25, -0.2) is 0 Å². The summed E-state index contributed by atoms with van der Waals surface area (Å²) in [6, 6.07) is 5.92. The highest BCUT2D eigenvalue weighted by Crippen LogP contribution is 2.23. The average Bonchev–Trinajstić information content (AvgIpc) is 2.38. The van der Waals surface area contributed by atoms with Crippen molar-refractivity contribution in [1.29, 1.82) is 0 Å². The van der Waals surface area contributed by atoms with E-state index in [1.807, 2.05) is 18.2 Å². The molecule has 1 heterocycles. The molecule has 1 aliphatic rings. The lowest BCUT2D eigenvalue weighted by Crippen LogP contribution is -2.26. The molecule has 0 amide bonds. The molecule has 1 fully saturated rings. The second-order valence-corrected chi connectivity index (χ2v) is 5.17. The van der Waals surface area contributed by atoms with Crippen LogP contribution in [0.1, 0.15) is 24.8 Å². The minimum Gasteiger partial charge on any atom is -0.491 e. The molecule has 0 aromatic heterocycles. The molecule has 1 unspecified atom stereocenters. The van der Waals surface area contributed by atoms with Crippen molar-refractivity contribution in [2.75, 3.05) is 13.2 Å². The molecule has 0 saturated carbocycles. The van der Waals surface area contributed by atoms with Gasteiger partial charge < -0.3 is 15.2 Å². The molecule has 1 aromatic carbocycles. The molecule has 1 atom stereocenters. The largest absolute Gasteiger partial charge is 0.491 e. The number of hydrogen-bond donors (Lipinski definition) is 1. The van der Waals surface area contributed by atoms with E-state index in [9.17, 15) is 0 Å². The Morgan fingerprint density at radius 1 is 1.41 bits per heavy atom. The highest BCUT2D eigenvalue weighted by Gasteiger charge is 2.15. The van der Waals surface area contributed by atoms with Gasteiger partial charge in [0.2, 0.25) is 0 Å². The minimum absolute atomic E-state index is 0.234. The zero-order valence-corrected chi connectivity index (χ0v) is 11.4. The Morgan fingerprint density at radius 3 is 3.00 bits per heavy atom. The minimum atomic E-state index is 0.234. The van der Waals surface area contributed by atoms with Crippen molar-refractivity contribution >= 4 is 15.9 Å². The Kier molecular flexibility index (Phi) is 4.83. The summed E-state index contributed by atoms with van der Waals surface area (Å²) in [4.78, 5) is 0. The maximum atomic E-state index is 5.80. The van der Waals surface area contributed by atoms with Gasteiger partial charge in [-0.1, -0.05) is 15.9 Å². The van der Waals surface area contributed by atoms with Gasteiger partial charge in [-0.15, -0.1) is 0 Å². The Bertz CT molecular complexity index is 364. The molecular weight excluding hydrogens is 282 g/mol. The van der Waals surface area contributed by atoms with Gasteiger partial charge in [0, 0.05) is 23.2 Å². The smallest absolute Gasteiger partial charge is 0.123 e. The fourth-order valence-electron chi connectivity index (χ4n) is 1.97. The normalized spacial score (nSPS) is 20.2. The number of hydrogen-bond acceptors (Lipinski definition) is 3. The van der Waals surface area contributed by atoms with Crippen molar-refractivity contribution in [3.8, 4) is 5.75 Å². The van der Waals surface area contributed by atoms with E-state index in [-0.39, 0.29) is 6.10 Å². The van der Waals surface area contributed by atoms with Crippen LogP contribution in [0.2, 0.25) is 0 Å². The maximum Gasteiger partial charge on any atom is 0.123 e. The monoisotopic (exact) mass is 299 g/mol. The molecule has 94 valence electrons. The topological polar surface area (TPSA) is 44.5 Å². The first-order chi connectivity index (χ1) is 8.29. The summed E-state index contributed by atoms with van der Waals surface area (Å²) in [5, 5.41) is 0. The SMILES string of the molecule is NCc1cc(Br)ccc1OCC1CCCCO1. The summed E-state index contributed by atoms with van der Waals surface area (Å²) < 4.78 is 12.5. The maximum absolute atomic E-state index is 5.80. The molecule has 0 spiro atoms. The quantitative estimate of drug-likeness (QED) is 0.930. The standard InChI is InChI=1S/C13H18BrNO2/c14-11-4-5-13(10(7-11)8-15)17-9-12-3-1-2-6-16-12/h4-5,7,12H,1-3,6,8-9,15H2. The van der Waals surface area contributed by atoms with Gasteiger partial charge in [0.15, 0.2) is 0 Å². The summed E-state index contributed by atoms with van der Waals surface area (Å²) >= 11 is 3.43. The first-order valence-corrected chi connectivity index (χ1v) is 6.82. The van der Waals surface area contributed by atoms with E-state index in [1.54, 1.807) is 0 Å². The highest BCUT2D eigenvalue weighted by atomic mass is 79.9. The van der Waals surface area contributed by atoms with Crippen molar-refractivity contribution in [2.24, 2.45) is 5.73 Å². The molecule has 1 aromatic rings. The lowest BCUT2D eigenvalue weighted by atomic mass is 10.1. The molecule has 4 heteroatoms. The van der Waals surface area contributed by atoms with Crippen molar-refractivity contribution in [3.05, 3.63) is 28.2 Å². The number of rotatable bonds is 4. The van der Waals surface area contributed by atoms with Crippen LogP contribution in [0.25, 0.3) is 0 Å². The Labute approximate surface area is 110 Å². The van der Waals surface area contributed by atoms with Crippen LogP contribution >= 0.6 is 15.9 Å². The number of ether oxygens (including phenoxy) is 2. The van der Waals surface area contributed by atoms with Crippen LogP contribution in [0.15, 0.2) is 22.7 Å². The molecule has 2 rings (SSSR count). The zero-order chi connectivity index (χ0) is 12.1. The average molecular weight is 300 g/mol. The van der Waals surface area contributed by atoms with E-state index in [2.05, 4.69) is 15.9 Å². The predicted octanol–water partition coefficient (Wildman–Crippen LogP) is 2.86. The van der Waals surface area contributed by atoms with Crippen molar-refractivity contribution < 1.29 is 9.47 Å². The van der Waals surface area contributed by atoms with Gasteiger partial charge in [-0.05, 0) is 37.5 Å². The van der Waals surface area contributed by atoms with Crippen molar-refractivity contribution in [3.63, 3.8) is 0 Å². The summed E-state index contributed by atoms with van der Waals surface area (Å²) in [6.07, 6.45) is 3.73. The lowest BCUT2D eigenvalue weighted by Gasteiger charge is -2.23. The Morgan fingerprint density at radius 2 is 2.29 bits per heavy atom. The van der Waals surface area contributed by atoms with E-state index in [0.29, 0.717) is 13.2 Å². The van der Waals surface area contributed by atoms with Crippen LogP contribution in [0.4, 0.5) is 0 Å². The van der Waals surface area contributed by atoms with E-state index in [0.717, 1.165) is 28.8 Å². The fraction of sp³-hybridized carbons (Fsp3) is 0.538. The van der Waals surface area contributed by atoms with Crippen molar-refractivity contribution in [2.45, 2.75) is 31.9 Å². The second kappa shape index (κ2) is 6.38. The molecular formula is C13H18BrNO2. The lowest BCUT2D eigenvalue weighted by molar-refractivity contribution is -0.0112. The van der Waals surface area contributed by atoms with Crippen LogP contribution in [-0.2, 0) is 11.3 Å². The van der Waals surface area contributed by atoms with Crippen LogP contribution in [0, 0.1) is 0 Å². The molecule has 1 saturated heterocycles. The molecule has 1 aliphatic heterocycles. The summed E-state index contributed by atoms with van der Waals surface area (Å²) in [7, 11) is 0. The van der Waals surface area contributed by atoms with E-state index in [1.165, 1.54) is 12.8 Å². The first-order valence-electron chi connectivity index (χ1n) is 6.02. The van der Waals surface area contributed by atoms with E-state index in [4.69, 9.17) is 15.2 Å². The highest BCUT2D eigenvalue weighted by molar-refractivity contribution is 9.10. The summed E-state index contributed by atoms with van der Waals surface area (Å²) in [5.74, 6) is 0.866. The number of benzene rings is 1. The van der Waals surface area contributed by atoms with E-state index < -0.39 is 0 Å². The van der Waals surface area contributed by atoms with Crippen LogP contribution in [-0.4, -0.2) is 19.3 Å². The third-order valence-corrected chi connectivity index (χ3v) is 3.43. The van der Waals surface area contributed by atoms with Crippen LogP contribution < -0.4 is 10.5 Å². The third-order valence-electron chi connectivity index (χ3n) is 2.94. The van der Waals surface area contributed by atoms with Crippen LogP contribution in [0.3, 0.4) is 0 Å². The fourth-order valence-corrected chi connectivity index (χ4v) is 2.38. The Hall–Kier alpha value is -0.580. The van der Waals surface area contributed by atoms with Gasteiger partial charge in [0.05, 0.1) is 6.10 Å². The second-order valence-electron chi connectivity index (χ2n) is 4.26. The van der Waals surface area contributed by atoms with Gasteiger partial charge in [-0.3, -0.25) is 0 Å². The first kappa shape index (κ1) is 12.9. The Balaban J connectivity index is 1.93. The molecule has 0 bridgehead atoms. The van der Waals surface area contributed by atoms with Gasteiger partial charge >= 0.3 is 0 Å². The van der Waals surface area contributed by atoms with Crippen LogP contribution in [0.5, 0.6) is 5.75 Å². The molecule has 17 heavy (non-hydrogen) atoms. The molecule has 2 N–H and O–H groups in total. The predicted molar refractivity (Wildman–Crippen MR) is 71.1 cm³/mol. The van der Waals surface area contributed by atoms with Gasteiger partial charge in [-0.2, -0.15) is 0 Å². The number of halogens is 1.